The van der Waals surface area contributed by atoms with Gasteiger partial charge in [-0.3, -0.25) is 0 Å². The summed E-state index contributed by atoms with van der Waals surface area (Å²) in [4.78, 5) is 0. The molecular weight excluding hydrogens is 523 g/mol. The minimum Gasteiger partial charge on any atom is 0 e. The van der Waals surface area contributed by atoms with Gasteiger partial charge in [-0.2, -0.15) is 0 Å². The van der Waals surface area contributed by atoms with Crippen LogP contribution in [0.15, 0.2) is 5.57 Å². The molecule has 0 aliphatic heterocycles. The molecule has 0 bridgehead atoms. The fourth-order valence-electron chi connectivity index (χ4n) is 1.24. The molecule has 0 nitrogen and oxygen atoms in total. The summed E-state index contributed by atoms with van der Waals surface area (Å²) in [6, 6.07) is 0. The molecule has 3 heteroatoms. The van der Waals surface area contributed by atoms with E-state index in [-0.39, 0.29) is 41.3 Å². The zero-order valence-corrected chi connectivity index (χ0v) is 12.7. The van der Waals surface area contributed by atoms with Crippen molar-refractivity contribution in [3.8, 4) is 0 Å². The van der Waals surface area contributed by atoms with Gasteiger partial charge in [-0.05, 0) is 0 Å². The van der Waals surface area contributed by atoms with E-state index in [1.807, 2.05) is 0 Å². The molecule has 1 fully saturated rings. The van der Waals surface area contributed by atoms with Crippen LogP contribution in [0.5, 0.6) is 0 Å². The molecule has 0 heterocycles. The van der Waals surface area contributed by atoms with Gasteiger partial charge >= 0.3 is 78.1 Å². The van der Waals surface area contributed by atoms with E-state index in [1.165, 1.54) is 32.2 Å². The Morgan fingerprint density at radius 2 is 2.00 bits per heavy atom. The average molecular weight is 541 g/mol. The molecule has 1 aliphatic carbocycles. The van der Waals surface area contributed by atoms with Crippen LogP contribution in [-0.4, -0.2) is 9.78 Å². The van der Waals surface area contributed by atoms with E-state index >= 15 is 0 Å². The van der Waals surface area contributed by atoms with Gasteiger partial charge in [0.1, 0.15) is 0 Å². The number of hydrogen-bond acceptors (Lipinski definition) is 0. The molecule has 1 rings (SSSR count). The molecule has 2 atom stereocenters. The maximum absolute atomic E-state index is 6.05. The topological polar surface area (TPSA) is 0 Å². The molecule has 2 unspecified atom stereocenters. The van der Waals surface area contributed by atoms with Crippen molar-refractivity contribution in [2.24, 2.45) is 5.92 Å². The number of hydrogen-bond donors (Lipinski definition) is 0. The van der Waals surface area contributed by atoms with Crippen molar-refractivity contribution in [3.63, 3.8) is 0 Å². The molecule has 0 radical (unpaired) electrons. The van der Waals surface area contributed by atoms with Crippen LogP contribution in [0.3, 0.4) is 0 Å². The Balaban J connectivity index is -0.000000333. The van der Waals surface area contributed by atoms with E-state index in [9.17, 15) is 0 Å². The van der Waals surface area contributed by atoms with Gasteiger partial charge in [0.25, 0.3) is 0 Å². The Kier molecular flexibility index (Phi) is 14.9. The second-order valence-corrected chi connectivity index (χ2v) is 4.12. The zero-order valence-electron chi connectivity index (χ0n) is 6.13. The van der Waals surface area contributed by atoms with E-state index in [0.29, 0.717) is 5.92 Å². The van der Waals surface area contributed by atoms with E-state index in [2.05, 4.69) is 4.40 Å². The fraction of sp³-hybridized carbons (Fsp3) is 0.700. The van der Waals surface area contributed by atoms with Crippen molar-refractivity contribution < 1.29 is 40.4 Å². The molecular formula is C10H18ClW2-. The third-order valence-corrected chi connectivity index (χ3v) is 3.77. The van der Waals surface area contributed by atoms with Gasteiger partial charge in [-0.25, -0.2) is 0 Å². The molecule has 78 valence electrons. The first-order valence-corrected chi connectivity index (χ1v) is 5.59. The number of allylic oxidation sites excluding steroid dienone is 1. The van der Waals surface area contributed by atoms with Gasteiger partial charge in [-0.15, -0.1) is 0 Å². The fourth-order valence-corrected chi connectivity index (χ4v) is 2.94. The van der Waals surface area contributed by atoms with Crippen molar-refractivity contribution in [2.45, 2.75) is 39.5 Å². The van der Waals surface area contributed by atoms with E-state index in [0.717, 1.165) is 12.0 Å². The van der Waals surface area contributed by atoms with E-state index in [1.54, 1.807) is 0 Å². The molecule has 13 heavy (non-hydrogen) atoms. The van der Waals surface area contributed by atoms with Crippen LogP contribution in [0.1, 0.15) is 34.1 Å². The summed E-state index contributed by atoms with van der Waals surface area (Å²) in [5.74, 6) is 0.547. The van der Waals surface area contributed by atoms with Crippen molar-refractivity contribution >= 4 is 16.0 Å². The van der Waals surface area contributed by atoms with Gasteiger partial charge in [0.05, 0.1) is 0 Å². The Morgan fingerprint density at radius 1 is 1.46 bits per heavy atom. The minimum absolute atomic E-state index is 0. The van der Waals surface area contributed by atoms with Crippen molar-refractivity contribution in [1.29, 1.82) is 0 Å². The van der Waals surface area contributed by atoms with Crippen LogP contribution in [0.2, 0.25) is 0 Å². The predicted molar refractivity (Wildman–Crippen MR) is 54.3 cm³/mol. The summed E-state index contributed by atoms with van der Waals surface area (Å²) in [5, 5.41) is 0.117. The minimum atomic E-state index is 0. The van der Waals surface area contributed by atoms with E-state index < -0.39 is 0 Å². The molecule has 0 amide bonds. The molecule has 0 N–H and O–H groups in total. The third-order valence-electron chi connectivity index (χ3n) is 1.91. The zero-order chi connectivity index (χ0) is 7.56. The summed E-state index contributed by atoms with van der Waals surface area (Å²) < 4.78 is 2.24. The van der Waals surface area contributed by atoms with E-state index in [4.69, 9.17) is 18.2 Å². The smallest absolute Gasteiger partial charge is 0 e. The van der Waals surface area contributed by atoms with Crippen LogP contribution in [0, 0.1) is 12.5 Å². The largest absolute Gasteiger partial charge is 0 e. The molecule has 1 aliphatic rings. The summed E-state index contributed by atoms with van der Waals surface area (Å²) in [6.45, 7) is 5.72. The second-order valence-electron chi connectivity index (χ2n) is 2.67. The first-order valence-electron chi connectivity index (χ1n) is 3.46. The number of halogens is 1. The number of alkyl halides is 1. The Morgan fingerprint density at radius 3 is 2.38 bits per heavy atom. The normalized spacial score (nSPS) is 26.1. The number of rotatable bonds is 1. The van der Waals surface area contributed by atoms with Crippen LogP contribution < -0.4 is 0 Å². The van der Waals surface area contributed by atoms with Crippen molar-refractivity contribution in [2.75, 3.05) is 0 Å². The Labute approximate surface area is 113 Å². The van der Waals surface area contributed by atoms with Crippen molar-refractivity contribution in [3.05, 3.63) is 12.2 Å². The molecule has 0 saturated heterocycles. The van der Waals surface area contributed by atoms with Gasteiger partial charge in [0.15, 0.2) is 0 Å². The van der Waals surface area contributed by atoms with Gasteiger partial charge in [0, 0.05) is 21.1 Å². The first-order chi connectivity index (χ1) is 4.75. The van der Waals surface area contributed by atoms with Crippen LogP contribution in [0.25, 0.3) is 0 Å². The Hall–Kier alpha value is 1.28. The van der Waals surface area contributed by atoms with Gasteiger partial charge in [0.2, 0.25) is 0 Å². The summed E-state index contributed by atoms with van der Waals surface area (Å²) in [6.07, 6.45) is 3.45. The van der Waals surface area contributed by atoms with Gasteiger partial charge < -0.3 is 0 Å². The monoisotopic (exact) mass is 541 g/mol. The maximum Gasteiger partial charge on any atom is 0 e. The molecule has 1 saturated carbocycles. The quantitative estimate of drug-likeness (QED) is 0.353. The standard InChI is InChI=1S/C8H10Cl.2CH4.2W/c1-6-4-3-5-7(2)8(6)9;;;;/h1-2,6,8H,3-5H2;2*1H4;;/q-1;;;;. The van der Waals surface area contributed by atoms with Crippen molar-refractivity contribution in [1.82, 2.24) is 0 Å². The third kappa shape index (κ3) is 5.66. The SMILES string of the molecule is C.C.[CH-]=C1CCCC([CH]=[W])C1Cl.[W]. The average Bonchev–Trinajstić information content (AvgIpc) is 1.95. The summed E-state index contributed by atoms with van der Waals surface area (Å²) >= 11 is 7.55. The van der Waals surface area contributed by atoms with Gasteiger partial charge in [-0.1, -0.05) is 14.9 Å². The van der Waals surface area contributed by atoms with Crippen LogP contribution >= 0.6 is 11.6 Å². The molecule has 0 aromatic carbocycles. The first kappa shape index (κ1) is 19.8. The summed E-state index contributed by atoms with van der Waals surface area (Å²) in [7, 11) is 0. The molecule has 0 aromatic heterocycles. The Bertz CT molecular complexity index is 157. The molecule has 0 spiro atoms. The molecule has 0 aromatic rings. The maximum atomic E-state index is 6.05. The second kappa shape index (κ2) is 9.82. The predicted octanol–water partition coefficient (Wildman–Crippen LogP) is 3.37. The van der Waals surface area contributed by atoms with Crippen LogP contribution in [-0.2, 0) is 40.4 Å². The summed E-state index contributed by atoms with van der Waals surface area (Å²) in [5.41, 5.74) is 0.982. The van der Waals surface area contributed by atoms with Crippen LogP contribution in [0.4, 0.5) is 0 Å².